The Bertz CT molecular complexity index is 357. The van der Waals surface area contributed by atoms with Gasteiger partial charge in [-0.15, -0.1) is 0 Å². The van der Waals surface area contributed by atoms with Crippen LogP contribution in [0.25, 0.3) is 0 Å². The summed E-state index contributed by atoms with van der Waals surface area (Å²) in [4.78, 5) is 9.98. The summed E-state index contributed by atoms with van der Waals surface area (Å²) in [6.45, 7) is 0. The maximum atomic E-state index is 13.2. The highest BCUT2D eigenvalue weighted by Gasteiger charge is 2.70. The van der Waals surface area contributed by atoms with Crippen molar-refractivity contribution < 1.29 is 32.4 Å². The van der Waals surface area contributed by atoms with E-state index < -0.39 is 23.9 Å². The molecule has 0 aromatic rings. The average molecular weight is 282 g/mol. The Morgan fingerprint density at radius 2 is 1.89 bits per heavy atom. The van der Waals surface area contributed by atoms with Crippen LogP contribution in [-0.4, -0.2) is 31.0 Å². The monoisotopic (exact) mass is 282 g/mol. The van der Waals surface area contributed by atoms with Crippen molar-refractivity contribution in [1.82, 2.24) is 0 Å². The number of methoxy groups -OCH3 is 1. The molecule has 4 fully saturated rings. The Hall–Kier alpha value is -0.370. The highest BCUT2D eigenvalue weighted by molar-refractivity contribution is 5.01. The van der Waals surface area contributed by atoms with Crippen LogP contribution in [-0.2, 0) is 19.2 Å². The van der Waals surface area contributed by atoms with Gasteiger partial charge in [0.1, 0.15) is 0 Å². The summed E-state index contributed by atoms with van der Waals surface area (Å²) in [5, 5.41) is 0. The van der Waals surface area contributed by atoms with E-state index in [9.17, 15) is 13.2 Å². The predicted molar refractivity (Wildman–Crippen MR) is 56.8 cm³/mol. The third-order valence-electron chi connectivity index (χ3n) is 4.56. The molecule has 4 rings (SSSR count). The van der Waals surface area contributed by atoms with E-state index in [1.165, 1.54) is 7.11 Å². The lowest BCUT2D eigenvalue weighted by atomic mass is 9.73. The summed E-state index contributed by atoms with van der Waals surface area (Å²) in [5.41, 5.74) is -0.891. The first-order chi connectivity index (χ1) is 8.94. The first kappa shape index (κ1) is 13.6. The second kappa shape index (κ2) is 4.31. The number of ether oxygens (including phenoxy) is 2. The third kappa shape index (κ3) is 1.82. The van der Waals surface area contributed by atoms with Crippen LogP contribution in [0.1, 0.15) is 38.5 Å². The Morgan fingerprint density at radius 3 is 2.58 bits per heavy atom. The molecule has 0 amide bonds. The Kier molecular flexibility index (Phi) is 3.09. The van der Waals surface area contributed by atoms with Gasteiger partial charge in [-0.25, -0.2) is 4.89 Å². The van der Waals surface area contributed by atoms with E-state index in [1.54, 1.807) is 0 Å². The highest BCUT2D eigenvalue weighted by Crippen LogP contribution is 2.55. The number of hydrogen-bond acceptors (Lipinski definition) is 4. The predicted octanol–water partition coefficient (Wildman–Crippen LogP) is 2.92. The van der Waals surface area contributed by atoms with Crippen molar-refractivity contribution in [2.45, 2.75) is 62.4 Å². The van der Waals surface area contributed by atoms with Gasteiger partial charge >= 0.3 is 6.18 Å². The molecule has 7 heteroatoms. The Labute approximate surface area is 109 Å². The van der Waals surface area contributed by atoms with Gasteiger partial charge in [0, 0.05) is 13.5 Å². The molecule has 0 aromatic carbocycles. The first-order valence-corrected chi connectivity index (χ1v) is 6.58. The zero-order valence-electron chi connectivity index (χ0n) is 10.7. The fourth-order valence-electron chi connectivity index (χ4n) is 3.49. The van der Waals surface area contributed by atoms with Gasteiger partial charge in [-0.3, -0.25) is 0 Å². The topological polar surface area (TPSA) is 36.9 Å². The molecule has 3 heterocycles. The van der Waals surface area contributed by atoms with Gasteiger partial charge in [-0.05, 0) is 25.2 Å². The molecule has 0 aromatic heterocycles. The van der Waals surface area contributed by atoms with E-state index in [2.05, 4.69) is 0 Å². The van der Waals surface area contributed by atoms with Crippen LogP contribution in [0.15, 0.2) is 0 Å². The molecule has 3 saturated heterocycles. The van der Waals surface area contributed by atoms with Crippen LogP contribution in [0, 0.1) is 5.92 Å². The summed E-state index contributed by atoms with van der Waals surface area (Å²) in [6.07, 6.45) is -2.26. The van der Waals surface area contributed by atoms with Crippen molar-refractivity contribution in [2.75, 3.05) is 7.11 Å². The SMILES string of the molecule is CO[C@H]1O[C@]2(C(F)(F)F)CC[C@H]3CCCC[C@]31OO2. The molecule has 1 saturated carbocycles. The molecule has 0 unspecified atom stereocenters. The standard InChI is InChI=1S/C12H17F3O4/c1-16-9-10-6-3-2-4-8(10)5-7-11(17-9,19-18-10)12(13,14)15/h8-9H,2-7H2,1H3/t8-,9+,10+,11-/m1/s1. The summed E-state index contributed by atoms with van der Waals surface area (Å²) in [5.74, 6) is -2.70. The van der Waals surface area contributed by atoms with E-state index in [4.69, 9.17) is 19.2 Å². The number of rotatable bonds is 1. The van der Waals surface area contributed by atoms with E-state index in [0.29, 0.717) is 12.8 Å². The molecule has 19 heavy (non-hydrogen) atoms. The zero-order valence-corrected chi connectivity index (χ0v) is 10.7. The summed E-state index contributed by atoms with van der Waals surface area (Å²) < 4.78 is 49.9. The lowest BCUT2D eigenvalue weighted by Gasteiger charge is -2.49. The van der Waals surface area contributed by atoms with Crippen molar-refractivity contribution in [1.29, 1.82) is 0 Å². The van der Waals surface area contributed by atoms with Crippen molar-refractivity contribution in [3.05, 3.63) is 0 Å². The largest absolute Gasteiger partial charge is 0.446 e. The minimum atomic E-state index is -4.64. The van der Waals surface area contributed by atoms with Gasteiger partial charge in [0.25, 0.3) is 5.79 Å². The Balaban J connectivity index is 1.98. The average Bonchev–Trinajstić information content (AvgIpc) is 2.63. The van der Waals surface area contributed by atoms with Crippen LogP contribution in [0.5, 0.6) is 0 Å². The molecule has 1 aliphatic carbocycles. The molecule has 4 atom stereocenters. The van der Waals surface area contributed by atoms with Gasteiger partial charge < -0.3 is 9.47 Å². The van der Waals surface area contributed by atoms with E-state index in [-0.39, 0.29) is 12.3 Å². The molecule has 0 N–H and O–H groups in total. The molecule has 4 aliphatic rings. The third-order valence-corrected chi connectivity index (χ3v) is 4.56. The van der Waals surface area contributed by atoms with Crippen molar-refractivity contribution >= 4 is 0 Å². The van der Waals surface area contributed by atoms with E-state index in [0.717, 1.165) is 19.3 Å². The van der Waals surface area contributed by atoms with Crippen LogP contribution in [0.4, 0.5) is 13.2 Å². The summed E-state index contributed by atoms with van der Waals surface area (Å²) in [7, 11) is 1.35. The minimum absolute atomic E-state index is 0.0158. The summed E-state index contributed by atoms with van der Waals surface area (Å²) in [6, 6.07) is 0. The maximum absolute atomic E-state index is 13.2. The molecule has 0 radical (unpaired) electrons. The fourth-order valence-corrected chi connectivity index (χ4v) is 3.49. The highest BCUT2D eigenvalue weighted by atomic mass is 19.4. The van der Waals surface area contributed by atoms with Crippen molar-refractivity contribution in [3.8, 4) is 0 Å². The number of hydrogen-bond donors (Lipinski definition) is 0. The van der Waals surface area contributed by atoms with Crippen LogP contribution in [0.2, 0.25) is 0 Å². The zero-order chi connectivity index (χ0) is 13.7. The van der Waals surface area contributed by atoms with Gasteiger partial charge in [0.2, 0.25) is 0 Å². The molecular formula is C12H17F3O4. The second-order valence-electron chi connectivity index (χ2n) is 5.54. The molecule has 1 spiro atoms. The first-order valence-electron chi connectivity index (χ1n) is 6.58. The second-order valence-corrected chi connectivity index (χ2v) is 5.54. The lowest BCUT2D eigenvalue weighted by molar-refractivity contribution is -0.587. The van der Waals surface area contributed by atoms with Gasteiger partial charge in [-0.1, -0.05) is 12.8 Å². The molecular weight excluding hydrogens is 265 g/mol. The van der Waals surface area contributed by atoms with Gasteiger partial charge in [0.05, 0.1) is 0 Å². The molecule has 110 valence electrons. The quantitative estimate of drug-likeness (QED) is 0.693. The summed E-state index contributed by atoms with van der Waals surface area (Å²) >= 11 is 0. The minimum Gasteiger partial charge on any atom is -0.353 e. The molecule has 2 bridgehead atoms. The number of alkyl halides is 3. The van der Waals surface area contributed by atoms with E-state index in [1.807, 2.05) is 0 Å². The van der Waals surface area contributed by atoms with Crippen molar-refractivity contribution in [3.63, 3.8) is 0 Å². The van der Waals surface area contributed by atoms with Crippen LogP contribution in [0.3, 0.4) is 0 Å². The number of halogens is 3. The molecule has 3 aliphatic heterocycles. The number of fused-ring (bicyclic) bond motifs is 3. The fraction of sp³-hybridized carbons (Fsp3) is 1.00. The lowest BCUT2D eigenvalue weighted by Crippen LogP contribution is -2.63. The van der Waals surface area contributed by atoms with Crippen molar-refractivity contribution in [2.24, 2.45) is 5.92 Å². The molecule has 4 nitrogen and oxygen atoms in total. The van der Waals surface area contributed by atoms with Gasteiger partial charge in [-0.2, -0.15) is 18.1 Å². The smallest absolute Gasteiger partial charge is 0.353 e. The Morgan fingerprint density at radius 1 is 1.11 bits per heavy atom. The normalized spacial score (nSPS) is 46.7. The van der Waals surface area contributed by atoms with Gasteiger partial charge in [0.15, 0.2) is 11.9 Å². The van der Waals surface area contributed by atoms with Crippen LogP contribution < -0.4 is 0 Å². The van der Waals surface area contributed by atoms with E-state index >= 15 is 0 Å². The maximum Gasteiger partial charge on any atom is 0.446 e. The van der Waals surface area contributed by atoms with Crippen LogP contribution >= 0.6 is 0 Å².